The lowest BCUT2D eigenvalue weighted by Crippen LogP contribution is -2.29. The monoisotopic (exact) mass is 417 g/mol. The van der Waals surface area contributed by atoms with Crippen molar-refractivity contribution in [2.45, 2.75) is 64.3 Å². The molecule has 1 saturated heterocycles. The van der Waals surface area contributed by atoms with Crippen LogP contribution in [0.15, 0.2) is 54.7 Å². The van der Waals surface area contributed by atoms with Gasteiger partial charge in [0, 0.05) is 29.6 Å². The zero-order valence-electron chi connectivity index (χ0n) is 19.2. The minimum Gasteiger partial charge on any atom is -0.347 e. The topological polar surface area (TPSA) is 43.0 Å². The molecule has 3 nitrogen and oxygen atoms in total. The summed E-state index contributed by atoms with van der Waals surface area (Å²) >= 11 is 0. The van der Waals surface area contributed by atoms with Gasteiger partial charge in [0.25, 0.3) is 0 Å². The van der Waals surface area contributed by atoms with Crippen molar-refractivity contribution in [3.05, 3.63) is 71.4 Å². The molecule has 1 unspecified atom stereocenters. The molecular weight excluding hydrogens is 378 g/mol. The van der Waals surface area contributed by atoms with Crippen LogP contribution in [0.3, 0.4) is 0 Å². The molecule has 0 spiro atoms. The number of benzene rings is 2. The number of hydrogen-bond donors (Lipinski definition) is 2. The van der Waals surface area contributed by atoms with Gasteiger partial charge in [0.2, 0.25) is 0 Å². The van der Waals surface area contributed by atoms with E-state index in [9.17, 15) is 0 Å². The fourth-order valence-corrected chi connectivity index (χ4v) is 5.28. The molecule has 3 heteroatoms. The highest BCUT2D eigenvalue weighted by atomic mass is 15.0. The van der Waals surface area contributed by atoms with E-state index in [-0.39, 0.29) is 0 Å². The highest BCUT2D eigenvalue weighted by Crippen LogP contribution is 2.37. The quantitative estimate of drug-likeness (QED) is 0.398. The number of nitrogens with zero attached hydrogens (tertiary/aromatic N) is 1. The fourth-order valence-electron chi connectivity index (χ4n) is 5.28. The second kappa shape index (κ2) is 11.0. The van der Waals surface area contributed by atoms with E-state index < -0.39 is 0 Å². The van der Waals surface area contributed by atoms with Gasteiger partial charge in [-0.15, -0.1) is 0 Å². The molecule has 0 radical (unpaired) electrons. The highest BCUT2D eigenvalue weighted by molar-refractivity contribution is 5.85. The smallest absolute Gasteiger partial charge is 0.0483 e. The summed E-state index contributed by atoms with van der Waals surface area (Å²) in [6.45, 7) is 6.48. The third-order valence-corrected chi connectivity index (χ3v) is 7.00. The number of rotatable bonds is 10. The number of hydrogen-bond acceptors (Lipinski definition) is 2. The van der Waals surface area contributed by atoms with Gasteiger partial charge in [-0.1, -0.05) is 67.3 Å². The van der Waals surface area contributed by atoms with Crippen molar-refractivity contribution in [1.82, 2.24) is 9.88 Å². The number of nitrogens with two attached hydrogens (primary N) is 1. The summed E-state index contributed by atoms with van der Waals surface area (Å²) in [5.74, 6) is 1.23. The molecule has 3 aromatic rings. The maximum atomic E-state index is 5.70. The first-order valence-electron chi connectivity index (χ1n) is 12.3. The zero-order chi connectivity index (χ0) is 21.5. The Kier molecular flexibility index (Phi) is 7.82. The molecule has 1 aromatic heterocycles. The largest absolute Gasteiger partial charge is 0.347 e. The number of unbranched alkanes of at least 4 members (excludes halogenated alkanes) is 3. The molecule has 1 aliphatic rings. The number of piperidine rings is 1. The summed E-state index contributed by atoms with van der Waals surface area (Å²) < 4.78 is 2.55. The second-order valence-electron chi connectivity index (χ2n) is 9.41. The van der Waals surface area contributed by atoms with Gasteiger partial charge in [0.15, 0.2) is 0 Å². The predicted octanol–water partition coefficient (Wildman–Crippen LogP) is 5.99. The molecule has 0 aliphatic carbocycles. The average Bonchev–Trinajstić information content (AvgIpc) is 3.15. The van der Waals surface area contributed by atoms with Crippen LogP contribution in [0.5, 0.6) is 0 Å². The molecule has 2 aromatic carbocycles. The predicted molar refractivity (Wildman–Crippen MR) is 133 cm³/mol. The molecule has 1 aliphatic heterocycles. The van der Waals surface area contributed by atoms with Crippen LogP contribution in [0.1, 0.15) is 67.6 Å². The Morgan fingerprint density at radius 3 is 2.61 bits per heavy atom. The van der Waals surface area contributed by atoms with Crippen LogP contribution in [0.2, 0.25) is 0 Å². The summed E-state index contributed by atoms with van der Waals surface area (Å²) in [6.07, 6.45) is 11.2. The summed E-state index contributed by atoms with van der Waals surface area (Å²) in [6, 6.07) is 18.2. The van der Waals surface area contributed by atoms with Crippen LogP contribution in [0.25, 0.3) is 10.9 Å². The molecule has 1 fully saturated rings. The Hall–Kier alpha value is -2.10. The van der Waals surface area contributed by atoms with Gasteiger partial charge in [-0.2, -0.15) is 0 Å². The number of aryl methyl sites for hydroxylation is 1. The lowest BCUT2D eigenvalue weighted by molar-refractivity contribution is 0.336. The van der Waals surface area contributed by atoms with E-state index in [1.165, 1.54) is 66.1 Å². The van der Waals surface area contributed by atoms with E-state index in [1.54, 1.807) is 0 Å². The molecule has 4 rings (SSSR count). The van der Waals surface area contributed by atoms with E-state index in [0.29, 0.717) is 5.92 Å². The average molecular weight is 418 g/mol. The summed E-state index contributed by atoms with van der Waals surface area (Å²) in [7, 11) is 0. The van der Waals surface area contributed by atoms with Crippen LogP contribution >= 0.6 is 0 Å². The van der Waals surface area contributed by atoms with Crippen molar-refractivity contribution in [3.63, 3.8) is 0 Å². The Balaban J connectivity index is 1.65. The lowest BCUT2D eigenvalue weighted by atomic mass is 9.86. The minimum absolute atomic E-state index is 0.456. The van der Waals surface area contributed by atoms with Crippen molar-refractivity contribution < 1.29 is 0 Å². The van der Waals surface area contributed by atoms with E-state index >= 15 is 0 Å². The standard InChI is InChI=1S/C28H39N3/c1-22-9-8-10-24(19-22)25(11-4-2-3-7-16-29)27-21-31(20-23-14-17-30-18-15-23)28-13-6-5-12-26(27)28/h5-6,8-10,12-13,19,21,23,25,30H,2-4,7,11,14-18,20,29H2,1H3. The van der Waals surface area contributed by atoms with Gasteiger partial charge < -0.3 is 15.6 Å². The third-order valence-electron chi connectivity index (χ3n) is 7.00. The number of para-hydroxylation sites is 1. The first kappa shape index (κ1) is 22.1. The van der Waals surface area contributed by atoms with E-state index in [2.05, 4.69) is 71.5 Å². The maximum Gasteiger partial charge on any atom is 0.0483 e. The zero-order valence-corrected chi connectivity index (χ0v) is 19.2. The second-order valence-corrected chi connectivity index (χ2v) is 9.41. The number of aromatic nitrogens is 1. The van der Waals surface area contributed by atoms with E-state index in [4.69, 9.17) is 5.73 Å². The van der Waals surface area contributed by atoms with Crippen LogP contribution in [0.4, 0.5) is 0 Å². The van der Waals surface area contributed by atoms with Crippen LogP contribution < -0.4 is 11.1 Å². The molecule has 166 valence electrons. The molecule has 3 N–H and O–H groups in total. The van der Waals surface area contributed by atoms with Crippen molar-refractivity contribution in [1.29, 1.82) is 0 Å². The highest BCUT2D eigenvalue weighted by Gasteiger charge is 2.21. The molecule has 31 heavy (non-hydrogen) atoms. The van der Waals surface area contributed by atoms with Gasteiger partial charge >= 0.3 is 0 Å². The van der Waals surface area contributed by atoms with Crippen LogP contribution in [0, 0.1) is 12.8 Å². The van der Waals surface area contributed by atoms with Gasteiger partial charge in [0.05, 0.1) is 0 Å². The van der Waals surface area contributed by atoms with Crippen molar-refractivity contribution in [2.75, 3.05) is 19.6 Å². The van der Waals surface area contributed by atoms with Crippen molar-refractivity contribution in [2.24, 2.45) is 11.7 Å². The first-order valence-corrected chi connectivity index (χ1v) is 12.3. The maximum absolute atomic E-state index is 5.70. The minimum atomic E-state index is 0.456. The van der Waals surface area contributed by atoms with Gasteiger partial charge in [-0.05, 0) is 75.4 Å². The lowest BCUT2D eigenvalue weighted by Gasteiger charge is -2.23. The van der Waals surface area contributed by atoms with Gasteiger partial charge in [0.1, 0.15) is 0 Å². The first-order chi connectivity index (χ1) is 15.3. The van der Waals surface area contributed by atoms with Crippen molar-refractivity contribution in [3.8, 4) is 0 Å². The SMILES string of the molecule is Cc1cccc(C(CCCCCCN)c2cn(CC3CCNCC3)c3ccccc23)c1. The normalized spacial score (nSPS) is 16.1. The molecule has 0 bridgehead atoms. The summed E-state index contributed by atoms with van der Waals surface area (Å²) in [4.78, 5) is 0. The molecule has 0 amide bonds. The summed E-state index contributed by atoms with van der Waals surface area (Å²) in [5.41, 5.74) is 11.4. The molecular formula is C28H39N3. The molecule has 0 saturated carbocycles. The Labute approximate surface area is 188 Å². The van der Waals surface area contributed by atoms with Gasteiger partial charge in [-0.25, -0.2) is 0 Å². The van der Waals surface area contributed by atoms with Crippen LogP contribution in [-0.4, -0.2) is 24.2 Å². The molecule has 2 heterocycles. The van der Waals surface area contributed by atoms with E-state index in [1.807, 2.05) is 0 Å². The Bertz CT molecular complexity index is 952. The Morgan fingerprint density at radius 1 is 1.00 bits per heavy atom. The Morgan fingerprint density at radius 2 is 1.81 bits per heavy atom. The fraction of sp³-hybridized carbons (Fsp3) is 0.500. The summed E-state index contributed by atoms with van der Waals surface area (Å²) in [5, 5.41) is 4.94. The van der Waals surface area contributed by atoms with Gasteiger partial charge in [-0.3, -0.25) is 0 Å². The third kappa shape index (κ3) is 5.58. The number of fused-ring (bicyclic) bond motifs is 1. The molecule has 1 atom stereocenters. The van der Waals surface area contributed by atoms with E-state index in [0.717, 1.165) is 38.5 Å². The number of nitrogens with one attached hydrogen (secondary N) is 1. The van der Waals surface area contributed by atoms with Crippen LogP contribution in [-0.2, 0) is 6.54 Å². The van der Waals surface area contributed by atoms with Crippen molar-refractivity contribution >= 4 is 10.9 Å².